The van der Waals surface area contributed by atoms with E-state index < -0.39 is 124 Å². The highest BCUT2D eigenvalue weighted by atomic mass is 16.3. The zero-order valence-corrected chi connectivity index (χ0v) is 25.3. The van der Waals surface area contributed by atoms with Crippen LogP contribution < -0.4 is 0 Å². The van der Waals surface area contributed by atoms with Crippen molar-refractivity contribution in [2.45, 2.75) is 0 Å². The van der Waals surface area contributed by atoms with Gasteiger partial charge in [0.05, 0.1) is 21.9 Å². The maximum absolute atomic E-state index is 9.39. The number of fused-ring (bicyclic) bond motifs is 3. The minimum atomic E-state index is -0.763. The molecule has 0 amide bonds. The molecule has 0 radical (unpaired) electrons. The standard InChI is InChI=1S/C45H29N3O/c1-4-12-30(13-5-1)33-18-10-19-34(26-33)35-20-11-21-36(27-35)37-22-24-39-40-25-23-38(29-42(40)49-41(39)28-37)45-47-43(31-14-6-2-7-15-31)46-44(48-45)32-16-8-3-9-17-32/h1-29H/i2D,3D,6D,7D,8D,9D,14D,15D,16D,17D,22D,23D,24D,25D,28D,29D. The van der Waals surface area contributed by atoms with Gasteiger partial charge in [-0.15, -0.1) is 0 Å². The van der Waals surface area contributed by atoms with Crippen molar-refractivity contribution < 1.29 is 26.3 Å². The van der Waals surface area contributed by atoms with Crippen molar-refractivity contribution in [3.05, 3.63) is 176 Å². The summed E-state index contributed by atoms with van der Waals surface area (Å²) in [6.45, 7) is 0. The minimum absolute atomic E-state index is 0.0380. The van der Waals surface area contributed by atoms with E-state index in [4.69, 9.17) is 20.9 Å². The van der Waals surface area contributed by atoms with Crippen molar-refractivity contribution in [3.63, 3.8) is 0 Å². The predicted molar refractivity (Wildman–Crippen MR) is 200 cm³/mol. The highest BCUT2D eigenvalue weighted by molar-refractivity contribution is 6.06. The molecular weight excluding hydrogens is 599 g/mol. The van der Waals surface area contributed by atoms with Crippen LogP contribution >= 0.6 is 0 Å². The first-order chi connectivity index (χ1) is 30.9. The van der Waals surface area contributed by atoms with E-state index in [1.165, 1.54) is 0 Å². The van der Waals surface area contributed by atoms with Gasteiger partial charge in [-0.25, -0.2) is 15.0 Å². The summed E-state index contributed by atoms with van der Waals surface area (Å²) in [5.74, 6) is -1.90. The van der Waals surface area contributed by atoms with Gasteiger partial charge in [-0.3, -0.25) is 0 Å². The molecule has 230 valence electrons. The quantitative estimate of drug-likeness (QED) is 0.181. The molecule has 0 aliphatic rings. The monoisotopic (exact) mass is 643 g/mol. The van der Waals surface area contributed by atoms with E-state index in [1.807, 2.05) is 60.7 Å². The molecule has 0 bridgehead atoms. The molecule has 0 N–H and O–H groups in total. The topological polar surface area (TPSA) is 51.8 Å². The van der Waals surface area contributed by atoms with E-state index in [0.717, 1.165) is 22.3 Å². The molecule has 0 aliphatic heterocycles. The molecule has 0 saturated carbocycles. The third-order valence-corrected chi connectivity index (χ3v) is 7.77. The average molecular weight is 644 g/mol. The van der Waals surface area contributed by atoms with Gasteiger partial charge < -0.3 is 4.42 Å². The fourth-order valence-corrected chi connectivity index (χ4v) is 5.44. The summed E-state index contributed by atoms with van der Waals surface area (Å²) in [5.41, 5.74) is 1.78. The Hall–Kier alpha value is -6.65. The van der Waals surface area contributed by atoms with E-state index in [2.05, 4.69) is 15.0 Å². The maximum atomic E-state index is 9.39. The third-order valence-electron chi connectivity index (χ3n) is 7.77. The number of nitrogens with zero attached hydrogens (tertiary/aromatic N) is 3. The van der Waals surface area contributed by atoms with Crippen LogP contribution in [0.15, 0.2) is 180 Å². The molecule has 0 unspecified atom stereocenters. The lowest BCUT2D eigenvalue weighted by Gasteiger charge is -2.09. The van der Waals surface area contributed by atoms with Crippen LogP contribution in [0.3, 0.4) is 0 Å². The van der Waals surface area contributed by atoms with Gasteiger partial charge in [-0.1, -0.05) is 139 Å². The number of aromatic nitrogens is 3. The zero-order valence-electron chi connectivity index (χ0n) is 41.3. The number of hydrogen-bond acceptors (Lipinski definition) is 4. The normalized spacial score (nSPS) is 15.8. The van der Waals surface area contributed by atoms with Crippen molar-refractivity contribution in [1.29, 1.82) is 0 Å². The summed E-state index contributed by atoms with van der Waals surface area (Å²) in [6.07, 6.45) is 0. The van der Waals surface area contributed by atoms with Crippen LogP contribution in [0.4, 0.5) is 0 Å². The predicted octanol–water partition coefficient (Wildman–Crippen LogP) is 11.8. The molecular formula is C45H29N3O. The van der Waals surface area contributed by atoms with Crippen LogP contribution in [-0.4, -0.2) is 15.0 Å². The average Bonchev–Trinajstić information content (AvgIpc) is 3.73. The molecule has 49 heavy (non-hydrogen) atoms. The molecule has 9 rings (SSSR count). The Labute approximate surface area is 306 Å². The smallest absolute Gasteiger partial charge is 0.164 e. The number of rotatable bonds is 6. The number of hydrogen-bond donors (Lipinski definition) is 0. The van der Waals surface area contributed by atoms with Crippen LogP contribution in [0.5, 0.6) is 0 Å². The highest BCUT2D eigenvalue weighted by Crippen LogP contribution is 2.36. The van der Waals surface area contributed by atoms with E-state index in [0.29, 0.717) is 5.56 Å². The minimum Gasteiger partial charge on any atom is -0.456 e. The Morgan fingerprint density at radius 1 is 0.367 bits per heavy atom. The fourth-order valence-electron chi connectivity index (χ4n) is 5.44. The Balaban J connectivity index is 1.27. The van der Waals surface area contributed by atoms with E-state index in [9.17, 15) is 5.48 Å². The summed E-state index contributed by atoms with van der Waals surface area (Å²) < 4.78 is 145. The molecule has 4 heteroatoms. The van der Waals surface area contributed by atoms with Crippen LogP contribution in [0.1, 0.15) is 21.9 Å². The third kappa shape index (κ3) is 5.56. The van der Waals surface area contributed by atoms with Crippen LogP contribution in [0.2, 0.25) is 0 Å². The summed E-state index contributed by atoms with van der Waals surface area (Å²) >= 11 is 0. The van der Waals surface area contributed by atoms with Gasteiger partial charge in [0.2, 0.25) is 0 Å². The Bertz CT molecular complexity index is 3380. The van der Waals surface area contributed by atoms with Crippen molar-refractivity contribution in [2.75, 3.05) is 0 Å². The fraction of sp³-hybridized carbons (Fsp3) is 0. The molecule has 4 nitrogen and oxygen atoms in total. The summed E-state index contributed by atoms with van der Waals surface area (Å²) in [5, 5.41) is -0.395. The van der Waals surface area contributed by atoms with Gasteiger partial charge in [0.1, 0.15) is 11.2 Å². The van der Waals surface area contributed by atoms with Crippen molar-refractivity contribution >= 4 is 21.9 Å². The first-order valence-electron chi connectivity index (χ1n) is 23.1. The van der Waals surface area contributed by atoms with Gasteiger partial charge in [0, 0.05) is 27.5 Å². The summed E-state index contributed by atoms with van der Waals surface area (Å²) in [7, 11) is 0. The van der Waals surface area contributed by atoms with E-state index in [1.54, 1.807) is 18.2 Å². The lowest BCUT2D eigenvalue weighted by atomic mass is 9.96. The van der Waals surface area contributed by atoms with Gasteiger partial charge in [0.15, 0.2) is 17.5 Å². The highest BCUT2D eigenvalue weighted by Gasteiger charge is 2.15. The largest absolute Gasteiger partial charge is 0.456 e. The molecule has 0 atom stereocenters. The molecule has 7 aromatic carbocycles. The summed E-state index contributed by atoms with van der Waals surface area (Å²) in [4.78, 5) is 12.9. The molecule has 0 spiro atoms. The number of benzene rings is 7. The Kier molecular flexibility index (Phi) is 4.09. The van der Waals surface area contributed by atoms with E-state index in [-0.39, 0.29) is 34.0 Å². The van der Waals surface area contributed by atoms with Crippen molar-refractivity contribution in [3.8, 4) is 67.5 Å². The Morgan fingerprint density at radius 3 is 1.35 bits per heavy atom. The zero-order chi connectivity index (χ0) is 46.5. The van der Waals surface area contributed by atoms with Crippen molar-refractivity contribution in [2.24, 2.45) is 0 Å². The molecule has 0 fully saturated rings. The van der Waals surface area contributed by atoms with Gasteiger partial charge in [-0.05, 0) is 69.7 Å². The van der Waals surface area contributed by atoms with E-state index >= 15 is 0 Å². The van der Waals surface area contributed by atoms with Gasteiger partial charge in [0.25, 0.3) is 0 Å². The Morgan fingerprint density at radius 2 is 0.796 bits per heavy atom. The molecule has 9 aromatic rings. The summed E-state index contributed by atoms with van der Waals surface area (Å²) in [6, 6.07) is 14.1. The molecule has 2 heterocycles. The number of furan rings is 1. The first-order valence-corrected chi connectivity index (χ1v) is 15.1. The van der Waals surface area contributed by atoms with Crippen LogP contribution in [0.25, 0.3) is 89.5 Å². The second kappa shape index (κ2) is 12.2. The molecule has 2 aromatic heterocycles. The molecule has 0 saturated heterocycles. The van der Waals surface area contributed by atoms with Crippen molar-refractivity contribution in [1.82, 2.24) is 15.0 Å². The second-order valence-corrected chi connectivity index (χ2v) is 10.8. The van der Waals surface area contributed by atoms with Crippen LogP contribution in [0, 0.1) is 0 Å². The lowest BCUT2D eigenvalue weighted by molar-refractivity contribution is 0.669. The molecule has 0 aliphatic carbocycles. The van der Waals surface area contributed by atoms with Crippen LogP contribution in [-0.2, 0) is 0 Å². The lowest BCUT2D eigenvalue weighted by Crippen LogP contribution is -2.00. The first kappa shape index (κ1) is 16.4. The maximum Gasteiger partial charge on any atom is 0.164 e. The van der Waals surface area contributed by atoms with Gasteiger partial charge in [-0.2, -0.15) is 0 Å². The second-order valence-electron chi connectivity index (χ2n) is 10.8. The SMILES string of the molecule is [2H]c1c([2H])c([2H])c(-c2nc(-c3c([2H])c([2H])c([2H])c([2H])c3[2H])nc(-c3c([2H])c([2H])c4c(oc5c([2H])c(-c6cccc(-c7cccc(-c8ccccc8)c7)c6)c([2H])c([2H])c54)c3[2H])n2)c([2H])c1[2H]. The van der Waals surface area contributed by atoms with Gasteiger partial charge >= 0.3 is 0 Å².